The van der Waals surface area contributed by atoms with Gasteiger partial charge in [-0.05, 0) is 0 Å². The molecule has 5 nitrogen and oxygen atoms in total. The minimum Gasteiger partial charge on any atom is -0.395 e. The maximum Gasteiger partial charge on any atom is 0.128 e. The van der Waals surface area contributed by atoms with E-state index in [9.17, 15) is 10.2 Å². The molecule has 0 aliphatic carbocycles. The Kier molecular flexibility index (Phi) is 2.84. The van der Waals surface area contributed by atoms with Gasteiger partial charge in [0.25, 0.3) is 0 Å². The first-order valence-corrected chi connectivity index (χ1v) is 4.38. The topological polar surface area (TPSA) is 101 Å². The second-order valence-corrected chi connectivity index (χ2v) is 3.92. The van der Waals surface area contributed by atoms with Crippen LogP contribution in [0.2, 0.25) is 0 Å². The molecule has 12 heavy (non-hydrogen) atoms. The summed E-state index contributed by atoms with van der Waals surface area (Å²) in [5, 5.41) is 44.7. The normalized spacial score (nSPS) is 56.6. The van der Waals surface area contributed by atoms with Crippen molar-refractivity contribution in [2.24, 2.45) is 0 Å². The van der Waals surface area contributed by atoms with Gasteiger partial charge in [0, 0.05) is 0 Å². The predicted molar refractivity (Wildman–Crippen MR) is 42.5 cm³/mol. The zero-order chi connectivity index (χ0) is 10.2. The van der Waals surface area contributed by atoms with Gasteiger partial charge < -0.3 is 25.5 Å². The molecule has 1 heterocycles. The molecular formula is C6H12O5S. The van der Waals surface area contributed by atoms with Gasteiger partial charge in [0.1, 0.15) is 17.6 Å². The highest BCUT2D eigenvalue weighted by Crippen LogP contribution is 2.30. The fraction of sp³-hybridized carbons (Fsp3) is 1.00. The van der Waals surface area contributed by atoms with E-state index in [1.165, 1.54) is 0 Å². The molecule has 72 valence electrons. The minimum atomic E-state index is -2.53. The van der Waals surface area contributed by atoms with Crippen molar-refractivity contribution in [3.8, 4) is 0 Å². The first-order valence-electron chi connectivity index (χ1n) is 3.94. The molecule has 0 radical (unpaired) electrons. The molecule has 0 aromatic heterocycles. The SMILES string of the molecule is [2H][C@]1(O)[C@H](O)[C@@H](CO)SC(O)[C@@H]1O. The molecule has 1 fully saturated rings. The van der Waals surface area contributed by atoms with Crippen molar-refractivity contribution in [3.63, 3.8) is 0 Å². The largest absolute Gasteiger partial charge is 0.395 e. The van der Waals surface area contributed by atoms with Gasteiger partial charge in [0.15, 0.2) is 0 Å². The molecule has 5 N–H and O–H groups in total. The van der Waals surface area contributed by atoms with Crippen LogP contribution in [0.3, 0.4) is 0 Å². The Bertz CT molecular complexity index is 190. The van der Waals surface area contributed by atoms with Crippen LogP contribution in [0.5, 0.6) is 0 Å². The van der Waals surface area contributed by atoms with Gasteiger partial charge in [-0.1, -0.05) is 0 Å². The Morgan fingerprint density at radius 3 is 2.25 bits per heavy atom. The summed E-state index contributed by atoms with van der Waals surface area (Å²) in [6.07, 6.45) is -5.85. The van der Waals surface area contributed by atoms with Crippen molar-refractivity contribution >= 4 is 11.8 Å². The van der Waals surface area contributed by atoms with Crippen LogP contribution in [0.25, 0.3) is 0 Å². The number of hydrogen-bond donors (Lipinski definition) is 5. The molecule has 1 rings (SSSR count). The van der Waals surface area contributed by atoms with E-state index in [-0.39, 0.29) is 0 Å². The molecule has 6 heteroatoms. The van der Waals surface area contributed by atoms with E-state index < -0.39 is 35.6 Å². The Morgan fingerprint density at radius 1 is 1.17 bits per heavy atom. The molecular weight excluding hydrogens is 184 g/mol. The number of thioether (sulfide) groups is 1. The van der Waals surface area contributed by atoms with Gasteiger partial charge in [-0.15, -0.1) is 11.8 Å². The van der Waals surface area contributed by atoms with E-state index in [4.69, 9.17) is 16.7 Å². The van der Waals surface area contributed by atoms with E-state index in [1.54, 1.807) is 0 Å². The molecule has 0 spiro atoms. The second-order valence-electron chi connectivity index (χ2n) is 2.56. The fourth-order valence-electron chi connectivity index (χ4n) is 0.982. The number of hydrogen-bond acceptors (Lipinski definition) is 6. The van der Waals surface area contributed by atoms with Crippen LogP contribution in [0.4, 0.5) is 0 Å². The standard InChI is InChI=1S/C6H12O5S/c7-1-2-3(8)4(9)5(10)6(11)12-2/h2-11H,1H2/t2-,3-,4+,5-,6?/m1/s1/i4D. The van der Waals surface area contributed by atoms with E-state index >= 15 is 0 Å². The molecule has 5 atom stereocenters. The van der Waals surface area contributed by atoms with Crippen LogP contribution in [-0.2, 0) is 0 Å². The average molecular weight is 197 g/mol. The zero-order valence-corrected chi connectivity index (χ0v) is 6.98. The summed E-state index contributed by atoms with van der Waals surface area (Å²) in [4.78, 5) is 0. The van der Waals surface area contributed by atoms with Crippen LogP contribution >= 0.6 is 11.8 Å². The Hall–Kier alpha value is 0.150. The molecule has 1 aliphatic rings. The summed E-state index contributed by atoms with van der Waals surface area (Å²) in [5.41, 5.74) is -1.37. The summed E-state index contributed by atoms with van der Waals surface area (Å²) in [7, 11) is 0. The third-order valence-electron chi connectivity index (χ3n) is 1.72. The lowest BCUT2D eigenvalue weighted by molar-refractivity contribution is -0.0953. The lowest BCUT2D eigenvalue weighted by atomic mass is 10.0. The highest BCUT2D eigenvalue weighted by molar-refractivity contribution is 8.00. The maximum absolute atomic E-state index is 9.30. The van der Waals surface area contributed by atoms with Gasteiger partial charge in [0.2, 0.25) is 0 Å². The Morgan fingerprint density at radius 2 is 1.75 bits per heavy atom. The van der Waals surface area contributed by atoms with E-state index in [0.29, 0.717) is 0 Å². The number of rotatable bonds is 1. The Balaban J connectivity index is 2.82. The summed E-state index contributed by atoms with van der Waals surface area (Å²) in [6.45, 7) is -0.475. The smallest absolute Gasteiger partial charge is 0.128 e. The second kappa shape index (κ2) is 3.91. The third kappa shape index (κ3) is 1.73. The van der Waals surface area contributed by atoms with Gasteiger partial charge in [-0.25, -0.2) is 0 Å². The zero-order valence-electron chi connectivity index (χ0n) is 7.16. The van der Waals surface area contributed by atoms with Crippen molar-refractivity contribution in [2.45, 2.75) is 29.0 Å². The van der Waals surface area contributed by atoms with Gasteiger partial charge in [-0.3, -0.25) is 0 Å². The third-order valence-corrected chi connectivity index (χ3v) is 3.02. The summed E-state index contributed by atoms with van der Waals surface area (Å²) >= 11 is 0.730. The number of aliphatic hydroxyl groups excluding tert-OH is 4. The van der Waals surface area contributed by atoms with Crippen molar-refractivity contribution in [3.05, 3.63) is 0 Å². The summed E-state index contributed by atoms with van der Waals surface area (Å²) in [6, 6.07) is 0. The fourth-order valence-corrected chi connectivity index (χ4v) is 2.00. The van der Waals surface area contributed by atoms with Crippen molar-refractivity contribution in [1.82, 2.24) is 0 Å². The summed E-state index contributed by atoms with van der Waals surface area (Å²) in [5.74, 6) is 0. The van der Waals surface area contributed by atoms with E-state index in [0.717, 1.165) is 11.8 Å². The number of aliphatic hydroxyl groups is 5. The quantitative estimate of drug-likeness (QED) is 0.318. The van der Waals surface area contributed by atoms with Crippen molar-refractivity contribution < 1.29 is 26.9 Å². The minimum absolute atomic E-state index is 0.475. The highest BCUT2D eigenvalue weighted by Gasteiger charge is 2.42. The van der Waals surface area contributed by atoms with E-state index in [2.05, 4.69) is 0 Å². The lowest BCUT2D eigenvalue weighted by Crippen LogP contribution is -2.53. The monoisotopic (exact) mass is 197 g/mol. The van der Waals surface area contributed by atoms with Crippen LogP contribution in [0, 0.1) is 0 Å². The molecule has 0 bridgehead atoms. The van der Waals surface area contributed by atoms with Crippen LogP contribution in [0.1, 0.15) is 1.37 Å². The molecule has 1 saturated heterocycles. The molecule has 1 aliphatic heterocycles. The molecule has 0 amide bonds. The first-order chi connectivity index (χ1) is 5.91. The van der Waals surface area contributed by atoms with Gasteiger partial charge in [-0.2, -0.15) is 0 Å². The first kappa shape index (κ1) is 8.74. The molecule has 0 saturated carbocycles. The van der Waals surface area contributed by atoms with Crippen LogP contribution in [-0.4, -0.2) is 61.1 Å². The van der Waals surface area contributed by atoms with Crippen molar-refractivity contribution in [2.75, 3.05) is 6.61 Å². The average Bonchev–Trinajstić information content (AvgIpc) is 2.09. The predicted octanol–water partition coefficient (Wildman–Crippen LogP) is -2.50. The molecule has 0 aromatic carbocycles. The maximum atomic E-state index is 9.30. The van der Waals surface area contributed by atoms with Crippen molar-refractivity contribution in [1.29, 1.82) is 0 Å². The van der Waals surface area contributed by atoms with Crippen LogP contribution < -0.4 is 0 Å². The van der Waals surface area contributed by atoms with Gasteiger partial charge in [0.05, 0.1) is 19.3 Å². The molecule has 0 aromatic rings. The van der Waals surface area contributed by atoms with Gasteiger partial charge >= 0.3 is 0 Å². The van der Waals surface area contributed by atoms with E-state index in [1.807, 2.05) is 0 Å². The summed E-state index contributed by atoms with van der Waals surface area (Å²) < 4.78 is 7.17. The Labute approximate surface area is 75.1 Å². The lowest BCUT2D eigenvalue weighted by Gasteiger charge is -2.36. The highest BCUT2D eigenvalue weighted by atomic mass is 32.2. The van der Waals surface area contributed by atoms with Crippen LogP contribution in [0.15, 0.2) is 0 Å². The molecule has 1 unspecified atom stereocenters.